The van der Waals surface area contributed by atoms with Crippen LogP contribution in [0.25, 0.3) is 0 Å². The number of hydrogen-bond acceptors (Lipinski definition) is 4. The summed E-state index contributed by atoms with van der Waals surface area (Å²) in [4.78, 5) is 16.8. The van der Waals surface area contributed by atoms with Gasteiger partial charge in [-0.25, -0.2) is 4.99 Å². The summed E-state index contributed by atoms with van der Waals surface area (Å²) in [6.07, 6.45) is 0.901. The van der Waals surface area contributed by atoms with Crippen LogP contribution in [0, 0.1) is 0 Å². The van der Waals surface area contributed by atoms with Gasteiger partial charge in [0.1, 0.15) is 5.60 Å². The van der Waals surface area contributed by atoms with E-state index >= 15 is 0 Å². The van der Waals surface area contributed by atoms with Gasteiger partial charge in [0.2, 0.25) is 0 Å². The lowest BCUT2D eigenvalue weighted by molar-refractivity contribution is 0.0621. The summed E-state index contributed by atoms with van der Waals surface area (Å²) in [5, 5.41) is 23.9. The van der Waals surface area contributed by atoms with E-state index in [1.165, 1.54) is 0 Å². The molecule has 2 unspecified atom stereocenters. The average molecular weight is 417 g/mol. The highest BCUT2D eigenvalue weighted by Crippen LogP contribution is 2.21. The summed E-state index contributed by atoms with van der Waals surface area (Å²) < 4.78 is 0. The smallest absolute Gasteiger partial charge is 0.251 e. The molecular weight excluding hydrogens is 384 g/mol. The Balaban J connectivity index is 1.96. The molecule has 0 aliphatic heterocycles. The molecule has 7 heteroatoms. The zero-order chi connectivity index (χ0) is 21.3. The Kier molecular flexibility index (Phi) is 8.67. The molecular formula is C22H32N4O2S. The van der Waals surface area contributed by atoms with Crippen LogP contribution in [0.4, 0.5) is 0 Å². The Morgan fingerprint density at radius 2 is 1.93 bits per heavy atom. The summed E-state index contributed by atoms with van der Waals surface area (Å²) in [5.41, 5.74) is 1.57. The van der Waals surface area contributed by atoms with E-state index in [2.05, 4.69) is 20.9 Å². The van der Waals surface area contributed by atoms with Gasteiger partial charge < -0.3 is 21.1 Å². The van der Waals surface area contributed by atoms with Crippen LogP contribution in [0.2, 0.25) is 0 Å². The first-order valence-electron chi connectivity index (χ1n) is 10.0. The highest BCUT2D eigenvalue weighted by atomic mass is 32.1. The third-order valence-corrected chi connectivity index (χ3v) is 5.40. The number of amides is 1. The average Bonchev–Trinajstić information content (AvgIpc) is 3.26. The van der Waals surface area contributed by atoms with Gasteiger partial charge in [0.25, 0.3) is 5.91 Å². The molecule has 2 aromatic rings. The molecule has 1 aromatic carbocycles. The monoisotopic (exact) mass is 416 g/mol. The van der Waals surface area contributed by atoms with Crippen LogP contribution < -0.4 is 16.0 Å². The third kappa shape index (κ3) is 7.18. The molecule has 2 atom stereocenters. The lowest BCUT2D eigenvalue weighted by Crippen LogP contribution is -2.44. The van der Waals surface area contributed by atoms with Crippen LogP contribution in [0.5, 0.6) is 0 Å². The van der Waals surface area contributed by atoms with Crippen molar-refractivity contribution in [2.45, 2.75) is 52.3 Å². The van der Waals surface area contributed by atoms with E-state index in [1.807, 2.05) is 61.9 Å². The predicted molar refractivity (Wildman–Crippen MR) is 120 cm³/mol. The zero-order valence-corrected chi connectivity index (χ0v) is 18.5. The number of rotatable bonds is 9. The number of aliphatic imine (C=N–C) groups is 1. The van der Waals surface area contributed by atoms with Gasteiger partial charge in [-0.2, -0.15) is 11.3 Å². The fraction of sp³-hybridized carbons (Fsp3) is 0.455. The van der Waals surface area contributed by atoms with Crippen LogP contribution >= 0.6 is 11.3 Å². The van der Waals surface area contributed by atoms with Crippen molar-refractivity contribution >= 4 is 23.2 Å². The van der Waals surface area contributed by atoms with Gasteiger partial charge in [-0.1, -0.05) is 19.1 Å². The third-order valence-electron chi connectivity index (χ3n) is 4.71. The summed E-state index contributed by atoms with van der Waals surface area (Å²) in [7, 11) is 0. The van der Waals surface area contributed by atoms with Gasteiger partial charge >= 0.3 is 0 Å². The minimum atomic E-state index is -0.971. The molecule has 1 amide bonds. The fourth-order valence-corrected chi connectivity index (χ4v) is 3.39. The molecule has 0 radical (unpaired) electrons. The van der Waals surface area contributed by atoms with Gasteiger partial charge in [-0.3, -0.25) is 4.79 Å². The highest BCUT2D eigenvalue weighted by molar-refractivity contribution is 7.08. The van der Waals surface area contributed by atoms with Crippen molar-refractivity contribution in [2.75, 3.05) is 13.1 Å². The van der Waals surface area contributed by atoms with Crippen LogP contribution in [-0.4, -0.2) is 36.1 Å². The van der Waals surface area contributed by atoms with Gasteiger partial charge in [0.15, 0.2) is 5.96 Å². The van der Waals surface area contributed by atoms with Crippen molar-refractivity contribution in [3.05, 3.63) is 57.8 Å². The molecule has 0 spiro atoms. The normalized spacial score (nSPS) is 14.7. The molecule has 29 heavy (non-hydrogen) atoms. The number of benzene rings is 1. The maximum absolute atomic E-state index is 12.2. The largest absolute Gasteiger partial charge is 0.384 e. The molecule has 0 aliphatic rings. The van der Waals surface area contributed by atoms with Crippen molar-refractivity contribution < 1.29 is 9.90 Å². The minimum absolute atomic E-state index is 0.0555. The predicted octanol–water partition coefficient (Wildman–Crippen LogP) is 3.24. The van der Waals surface area contributed by atoms with E-state index < -0.39 is 5.60 Å². The topological polar surface area (TPSA) is 85.8 Å². The van der Waals surface area contributed by atoms with Crippen molar-refractivity contribution in [2.24, 2.45) is 4.99 Å². The van der Waals surface area contributed by atoms with E-state index in [9.17, 15) is 9.90 Å². The highest BCUT2D eigenvalue weighted by Gasteiger charge is 2.23. The van der Waals surface area contributed by atoms with Crippen LogP contribution in [0.3, 0.4) is 0 Å². The second kappa shape index (κ2) is 11.0. The Bertz CT molecular complexity index is 786. The van der Waals surface area contributed by atoms with E-state index in [1.54, 1.807) is 18.3 Å². The van der Waals surface area contributed by atoms with E-state index in [0.29, 0.717) is 24.6 Å². The second-order valence-corrected chi connectivity index (χ2v) is 8.09. The molecule has 0 aliphatic carbocycles. The molecule has 1 aromatic heterocycles. The maximum atomic E-state index is 12.2. The van der Waals surface area contributed by atoms with Crippen LogP contribution in [0.15, 0.2) is 46.1 Å². The molecule has 0 bridgehead atoms. The molecule has 158 valence electrons. The van der Waals surface area contributed by atoms with Crippen LogP contribution in [-0.2, 0) is 12.1 Å². The molecule has 0 fully saturated rings. The van der Waals surface area contributed by atoms with Crippen LogP contribution in [0.1, 0.15) is 55.6 Å². The van der Waals surface area contributed by atoms with E-state index in [-0.39, 0.29) is 11.9 Å². The van der Waals surface area contributed by atoms with Gasteiger partial charge in [-0.05, 0) is 67.3 Å². The van der Waals surface area contributed by atoms with Gasteiger partial charge in [-0.15, -0.1) is 0 Å². The minimum Gasteiger partial charge on any atom is -0.384 e. The van der Waals surface area contributed by atoms with Gasteiger partial charge in [0, 0.05) is 18.2 Å². The summed E-state index contributed by atoms with van der Waals surface area (Å²) in [5.74, 6) is 0.585. The summed E-state index contributed by atoms with van der Waals surface area (Å²) in [6.45, 7) is 9.37. The number of nitrogens with zero attached hydrogens (tertiary/aromatic N) is 1. The summed E-state index contributed by atoms with van der Waals surface area (Å²) in [6, 6.07) is 9.57. The Morgan fingerprint density at radius 1 is 1.21 bits per heavy atom. The molecule has 0 saturated carbocycles. The molecule has 1 heterocycles. The first-order valence-corrected chi connectivity index (χ1v) is 11.0. The van der Waals surface area contributed by atoms with E-state index in [4.69, 9.17) is 0 Å². The standard InChI is InChI=1S/C22H32N4O2S/c1-5-16(3)26-20(27)18-9-7-17(8-10-18)13-24-21(23-6-2)25-15-22(4,28)19-11-12-29-14-19/h7-12,14,16,28H,5-6,13,15H2,1-4H3,(H,26,27)(H2,23,24,25). The van der Waals surface area contributed by atoms with Crippen molar-refractivity contribution in [1.29, 1.82) is 0 Å². The molecule has 4 N–H and O–H groups in total. The van der Waals surface area contributed by atoms with Crippen molar-refractivity contribution in [1.82, 2.24) is 16.0 Å². The van der Waals surface area contributed by atoms with Crippen molar-refractivity contribution in [3.8, 4) is 0 Å². The number of carbonyl (C=O) groups excluding carboxylic acids is 1. The SMILES string of the molecule is CCNC(=NCc1ccc(C(=O)NC(C)CC)cc1)NCC(C)(O)c1ccsc1. The van der Waals surface area contributed by atoms with E-state index in [0.717, 1.165) is 24.1 Å². The number of carbonyl (C=O) groups is 1. The number of hydrogen-bond donors (Lipinski definition) is 4. The number of aliphatic hydroxyl groups is 1. The van der Waals surface area contributed by atoms with Gasteiger partial charge in [0.05, 0.1) is 13.1 Å². The first kappa shape index (κ1) is 22.9. The fourth-order valence-electron chi connectivity index (χ4n) is 2.61. The maximum Gasteiger partial charge on any atom is 0.251 e. The number of guanidine groups is 1. The number of nitrogens with one attached hydrogen (secondary N) is 3. The molecule has 6 nitrogen and oxygen atoms in total. The lowest BCUT2D eigenvalue weighted by Gasteiger charge is -2.24. The second-order valence-electron chi connectivity index (χ2n) is 7.31. The Labute approximate surface area is 177 Å². The zero-order valence-electron chi connectivity index (χ0n) is 17.7. The summed E-state index contributed by atoms with van der Waals surface area (Å²) >= 11 is 1.56. The Morgan fingerprint density at radius 3 is 2.52 bits per heavy atom. The van der Waals surface area contributed by atoms with Crippen molar-refractivity contribution in [3.63, 3.8) is 0 Å². The first-order chi connectivity index (χ1) is 13.9. The molecule has 2 rings (SSSR count). The quantitative estimate of drug-likeness (QED) is 0.373. The Hall–Kier alpha value is -2.38. The lowest BCUT2D eigenvalue weighted by atomic mass is 9.99. The number of thiophene rings is 1. The molecule has 0 saturated heterocycles.